The van der Waals surface area contributed by atoms with Crippen LogP contribution in [0.5, 0.6) is 11.5 Å². The quantitative estimate of drug-likeness (QED) is 0.695. The number of hydrogen-bond acceptors (Lipinski definition) is 6. The Morgan fingerprint density at radius 2 is 1.85 bits per heavy atom. The molecule has 1 aromatic heterocycles. The van der Waals surface area contributed by atoms with Gasteiger partial charge in [-0.2, -0.15) is 0 Å². The molecule has 1 amide bonds. The van der Waals surface area contributed by atoms with Gasteiger partial charge in [0.25, 0.3) is 5.91 Å². The highest BCUT2D eigenvalue weighted by molar-refractivity contribution is 5.92. The second kappa shape index (κ2) is 9.75. The zero-order valence-electron chi connectivity index (χ0n) is 15.6. The third-order valence-corrected chi connectivity index (χ3v) is 4.54. The first-order valence-electron chi connectivity index (χ1n) is 9.39. The highest BCUT2D eigenvalue weighted by Crippen LogP contribution is 2.18. The van der Waals surface area contributed by atoms with Crippen LogP contribution in [0.1, 0.15) is 42.6 Å². The number of benzene rings is 1. The van der Waals surface area contributed by atoms with Crippen LogP contribution in [0.15, 0.2) is 36.5 Å². The van der Waals surface area contributed by atoms with Gasteiger partial charge in [0, 0.05) is 12.2 Å². The fourth-order valence-corrected chi connectivity index (χ4v) is 3.08. The Balaban J connectivity index is 1.44. The molecule has 7 heteroatoms. The molecule has 0 radical (unpaired) electrons. The topological polar surface area (TPSA) is 85.4 Å². The lowest BCUT2D eigenvalue weighted by atomic mass is 9.95. The maximum atomic E-state index is 12.4. The fraction of sp³-hybridized carbons (Fsp3) is 0.450. The van der Waals surface area contributed by atoms with Gasteiger partial charge in [-0.3, -0.25) is 4.79 Å². The number of ether oxygens (including phenoxy) is 2. The smallest absolute Gasteiger partial charge is 0.270 e. The van der Waals surface area contributed by atoms with E-state index in [4.69, 9.17) is 9.47 Å². The predicted molar refractivity (Wildman–Crippen MR) is 103 cm³/mol. The number of amides is 1. The number of rotatable bonds is 8. The van der Waals surface area contributed by atoms with Crippen LogP contribution in [-0.2, 0) is 0 Å². The number of carbonyl (C=O) groups excluding carboxylic acids is 1. The van der Waals surface area contributed by atoms with E-state index >= 15 is 0 Å². The SMILES string of the molecule is COc1ccc(OCCNc2nccc(C(=O)NC3CCCCC3)n2)cc1. The Morgan fingerprint density at radius 3 is 2.59 bits per heavy atom. The van der Waals surface area contributed by atoms with Crippen LogP contribution in [0.2, 0.25) is 0 Å². The number of aromatic nitrogens is 2. The first kappa shape index (κ1) is 18.9. The Hall–Kier alpha value is -2.83. The Morgan fingerprint density at radius 1 is 1.11 bits per heavy atom. The van der Waals surface area contributed by atoms with Gasteiger partial charge in [-0.05, 0) is 43.2 Å². The summed E-state index contributed by atoms with van der Waals surface area (Å²) in [5.41, 5.74) is 0.383. The van der Waals surface area contributed by atoms with E-state index in [-0.39, 0.29) is 11.9 Å². The molecule has 3 rings (SSSR count). The van der Waals surface area contributed by atoms with Crippen LogP contribution in [0.25, 0.3) is 0 Å². The molecule has 144 valence electrons. The Bertz CT molecular complexity index is 730. The number of carbonyl (C=O) groups is 1. The molecule has 0 saturated heterocycles. The molecule has 0 aliphatic heterocycles. The van der Waals surface area contributed by atoms with Crippen molar-refractivity contribution in [1.29, 1.82) is 0 Å². The van der Waals surface area contributed by atoms with Crippen LogP contribution in [-0.4, -0.2) is 42.2 Å². The molecule has 1 aliphatic rings. The van der Waals surface area contributed by atoms with Gasteiger partial charge in [0.05, 0.1) is 13.7 Å². The average Bonchev–Trinajstić information content (AvgIpc) is 2.72. The molecule has 1 saturated carbocycles. The molecule has 0 bridgehead atoms. The van der Waals surface area contributed by atoms with Gasteiger partial charge in [0.15, 0.2) is 0 Å². The standard InChI is InChI=1S/C20H26N4O3/c1-26-16-7-9-17(10-8-16)27-14-13-22-20-21-12-11-18(24-20)19(25)23-15-5-3-2-4-6-15/h7-12,15H,2-6,13-14H2,1H3,(H,23,25)(H,21,22,24). The lowest BCUT2D eigenvalue weighted by Crippen LogP contribution is -2.36. The molecule has 1 heterocycles. The maximum Gasteiger partial charge on any atom is 0.270 e. The summed E-state index contributed by atoms with van der Waals surface area (Å²) in [6.07, 6.45) is 7.29. The lowest BCUT2D eigenvalue weighted by Gasteiger charge is -2.22. The van der Waals surface area contributed by atoms with E-state index in [0.717, 1.165) is 24.3 Å². The molecule has 27 heavy (non-hydrogen) atoms. The number of nitrogens with one attached hydrogen (secondary N) is 2. The third-order valence-electron chi connectivity index (χ3n) is 4.54. The van der Waals surface area contributed by atoms with Gasteiger partial charge in [-0.1, -0.05) is 19.3 Å². The highest BCUT2D eigenvalue weighted by Gasteiger charge is 2.17. The van der Waals surface area contributed by atoms with Crippen molar-refractivity contribution < 1.29 is 14.3 Å². The molecule has 7 nitrogen and oxygen atoms in total. The summed E-state index contributed by atoms with van der Waals surface area (Å²) in [4.78, 5) is 20.8. The second-order valence-corrected chi connectivity index (χ2v) is 6.52. The van der Waals surface area contributed by atoms with Gasteiger partial charge in [-0.15, -0.1) is 0 Å². The summed E-state index contributed by atoms with van der Waals surface area (Å²) in [5.74, 6) is 1.84. The summed E-state index contributed by atoms with van der Waals surface area (Å²) in [6.45, 7) is 0.980. The first-order valence-corrected chi connectivity index (χ1v) is 9.39. The molecule has 2 N–H and O–H groups in total. The molecule has 0 atom stereocenters. The average molecular weight is 370 g/mol. The summed E-state index contributed by atoms with van der Waals surface area (Å²) in [7, 11) is 1.63. The number of anilines is 1. The van der Waals surface area contributed by atoms with Crippen LogP contribution in [0.4, 0.5) is 5.95 Å². The lowest BCUT2D eigenvalue weighted by molar-refractivity contribution is 0.0922. The predicted octanol–water partition coefficient (Wildman–Crippen LogP) is 3.04. The summed E-state index contributed by atoms with van der Waals surface area (Å²) < 4.78 is 10.8. The molecule has 2 aromatic rings. The van der Waals surface area contributed by atoms with Gasteiger partial charge in [-0.25, -0.2) is 9.97 Å². The van der Waals surface area contributed by atoms with Gasteiger partial charge < -0.3 is 20.1 Å². The zero-order valence-corrected chi connectivity index (χ0v) is 15.6. The van der Waals surface area contributed by atoms with Crippen molar-refractivity contribution in [2.75, 3.05) is 25.6 Å². The molecular formula is C20H26N4O3. The van der Waals surface area contributed by atoms with E-state index in [9.17, 15) is 4.79 Å². The minimum Gasteiger partial charge on any atom is -0.497 e. The number of nitrogens with zero attached hydrogens (tertiary/aromatic N) is 2. The molecule has 0 unspecified atom stereocenters. The largest absolute Gasteiger partial charge is 0.497 e. The summed E-state index contributed by atoms with van der Waals surface area (Å²) in [6, 6.07) is 9.30. The van der Waals surface area contributed by atoms with Crippen molar-refractivity contribution in [3.63, 3.8) is 0 Å². The summed E-state index contributed by atoms with van der Waals surface area (Å²) >= 11 is 0. The van der Waals surface area contributed by atoms with E-state index in [1.165, 1.54) is 19.3 Å². The molecular weight excluding hydrogens is 344 g/mol. The van der Waals surface area contributed by atoms with Crippen molar-refractivity contribution in [2.45, 2.75) is 38.1 Å². The van der Waals surface area contributed by atoms with Gasteiger partial charge in [0.2, 0.25) is 5.95 Å². The van der Waals surface area contributed by atoms with Crippen LogP contribution < -0.4 is 20.1 Å². The van der Waals surface area contributed by atoms with Crippen molar-refractivity contribution in [3.05, 3.63) is 42.2 Å². The third kappa shape index (κ3) is 5.84. The van der Waals surface area contributed by atoms with Crippen molar-refractivity contribution in [1.82, 2.24) is 15.3 Å². The normalized spacial score (nSPS) is 14.4. The van der Waals surface area contributed by atoms with Crippen molar-refractivity contribution >= 4 is 11.9 Å². The van der Waals surface area contributed by atoms with Crippen molar-refractivity contribution in [2.24, 2.45) is 0 Å². The number of methoxy groups -OCH3 is 1. The number of hydrogen-bond donors (Lipinski definition) is 2. The van der Waals surface area contributed by atoms with E-state index < -0.39 is 0 Å². The van der Waals surface area contributed by atoms with Crippen LogP contribution in [0.3, 0.4) is 0 Å². The molecule has 1 aromatic carbocycles. The molecule has 0 spiro atoms. The van der Waals surface area contributed by atoms with E-state index in [0.29, 0.717) is 24.8 Å². The monoisotopic (exact) mass is 370 g/mol. The molecule has 1 fully saturated rings. The van der Waals surface area contributed by atoms with E-state index in [1.54, 1.807) is 19.4 Å². The van der Waals surface area contributed by atoms with Crippen LogP contribution >= 0.6 is 0 Å². The highest BCUT2D eigenvalue weighted by atomic mass is 16.5. The first-order chi connectivity index (χ1) is 13.2. The van der Waals surface area contributed by atoms with E-state index in [2.05, 4.69) is 20.6 Å². The molecule has 1 aliphatic carbocycles. The maximum absolute atomic E-state index is 12.4. The summed E-state index contributed by atoms with van der Waals surface area (Å²) in [5, 5.41) is 6.15. The Kier molecular flexibility index (Phi) is 6.84. The van der Waals surface area contributed by atoms with Crippen LogP contribution in [0, 0.1) is 0 Å². The van der Waals surface area contributed by atoms with Gasteiger partial charge >= 0.3 is 0 Å². The van der Waals surface area contributed by atoms with Gasteiger partial charge in [0.1, 0.15) is 23.8 Å². The minimum atomic E-state index is -0.137. The fourth-order valence-electron chi connectivity index (χ4n) is 3.08. The zero-order chi connectivity index (χ0) is 18.9. The Labute approximate surface area is 159 Å². The second-order valence-electron chi connectivity index (χ2n) is 6.52. The minimum absolute atomic E-state index is 0.137. The van der Waals surface area contributed by atoms with E-state index in [1.807, 2.05) is 24.3 Å². The van der Waals surface area contributed by atoms with Crippen molar-refractivity contribution in [3.8, 4) is 11.5 Å².